The first kappa shape index (κ1) is 20.1. The molecule has 0 amide bonds. The molecule has 3 atom stereocenters. The number of rotatable bonds is 6. The molecule has 1 aromatic carbocycles. The first-order valence-electron chi connectivity index (χ1n) is 10.6. The molecule has 3 heterocycles. The Morgan fingerprint density at radius 1 is 1.21 bits per heavy atom. The van der Waals surface area contributed by atoms with Crippen LogP contribution in [-0.4, -0.2) is 39.6 Å². The second kappa shape index (κ2) is 9.08. The summed E-state index contributed by atoms with van der Waals surface area (Å²) in [6.07, 6.45) is 7.59. The summed E-state index contributed by atoms with van der Waals surface area (Å²) in [7, 11) is 0. The molecule has 5 nitrogen and oxygen atoms in total. The van der Waals surface area contributed by atoms with Crippen molar-refractivity contribution in [2.24, 2.45) is 0 Å². The van der Waals surface area contributed by atoms with Crippen LogP contribution < -0.4 is 4.90 Å². The topological polar surface area (TPSA) is 36.4 Å². The van der Waals surface area contributed by atoms with Crippen LogP contribution in [-0.2, 0) is 18.0 Å². The lowest BCUT2D eigenvalue weighted by Gasteiger charge is -2.31. The molecule has 0 radical (unpaired) electrons. The molecule has 4 rings (SSSR count). The van der Waals surface area contributed by atoms with Gasteiger partial charge in [0.05, 0.1) is 25.2 Å². The number of nitrogens with zero attached hydrogens (tertiary/aromatic N) is 3. The smallest absolute Gasteiger partial charge is 0.203 e. The Kier molecular flexibility index (Phi) is 6.51. The van der Waals surface area contributed by atoms with Gasteiger partial charge in [0, 0.05) is 17.2 Å². The number of ether oxygens (including phenoxy) is 1. The van der Waals surface area contributed by atoms with Gasteiger partial charge in [-0.15, -0.1) is 5.10 Å². The van der Waals surface area contributed by atoms with Crippen LogP contribution in [0.2, 0.25) is 5.02 Å². The fraction of sp³-hybridized carbons (Fsp3) is 0.619. The lowest BCUT2D eigenvalue weighted by molar-refractivity contribution is -0.953. The summed E-state index contributed by atoms with van der Waals surface area (Å²) in [5, 5.41) is 5.70. The fourth-order valence-corrected chi connectivity index (χ4v) is 4.95. The summed E-state index contributed by atoms with van der Waals surface area (Å²) in [6, 6.07) is 8.59. The Labute approximate surface area is 177 Å². The summed E-state index contributed by atoms with van der Waals surface area (Å²) in [5.74, 6) is 0.918. The van der Waals surface area contributed by atoms with E-state index in [2.05, 4.69) is 11.5 Å². The van der Waals surface area contributed by atoms with Crippen molar-refractivity contribution in [3.05, 3.63) is 34.1 Å². The van der Waals surface area contributed by atoms with Gasteiger partial charge in [-0.05, 0) is 75.0 Å². The number of hydrogen-bond donors (Lipinski definition) is 1. The third kappa shape index (κ3) is 4.35. The molecular formula is C21H30ClN4OS+. The second-order valence-electron chi connectivity index (χ2n) is 8.03. The Morgan fingerprint density at radius 2 is 2.04 bits per heavy atom. The van der Waals surface area contributed by atoms with Gasteiger partial charge in [0.2, 0.25) is 4.77 Å². The maximum absolute atomic E-state index is 6.10. The van der Waals surface area contributed by atoms with Crippen LogP contribution in [0.1, 0.15) is 45.4 Å². The highest BCUT2D eigenvalue weighted by molar-refractivity contribution is 7.71. The van der Waals surface area contributed by atoms with Gasteiger partial charge in [-0.1, -0.05) is 18.5 Å². The lowest BCUT2D eigenvalue weighted by Crippen LogP contribution is -3.15. The molecular weight excluding hydrogens is 392 g/mol. The van der Waals surface area contributed by atoms with E-state index >= 15 is 0 Å². The Hall–Kier alpha value is -1.21. The normalized spacial score (nSPS) is 25.3. The molecule has 0 bridgehead atoms. The molecule has 2 aromatic rings. The van der Waals surface area contributed by atoms with Crippen molar-refractivity contribution in [2.75, 3.05) is 13.2 Å². The summed E-state index contributed by atoms with van der Waals surface area (Å²) in [5.41, 5.74) is 1.05. The van der Waals surface area contributed by atoms with E-state index in [-0.39, 0.29) is 6.10 Å². The highest BCUT2D eigenvalue weighted by Gasteiger charge is 2.27. The van der Waals surface area contributed by atoms with E-state index in [0.717, 1.165) is 53.8 Å². The highest BCUT2D eigenvalue weighted by atomic mass is 35.5. The average Bonchev–Trinajstić information content (AvgIpc) is 3.33. The number of quaternary nitrogens is 1. The van der Waals surface area contributed by atoms with Crippen molar-refractivity contribution >= 4 is 23.8 Å². The standard InChI is InChI=1S/C21H29ClN4OS/c1-2-18-6-3-4-12-24(18)15-26-21(28)25(14-19-7-5-13-27-19)20(23-26)16-8-10-17(22)11-9-16/h8-11,18-19H,2-7,12-15H2,1H3/p+1/t18-,19-/m0/s1. The summed E-state index contributed by atoms with van der Waals surface area (Å²) in [4.78, 5) is 1.61. The van der Waals surface area contributed by atoms with Gasteiger partial charge >= 0.3 is 0 Å². The number of aromatic nitrogens is 3. The minimum Gasteiger partial charge on any atom is -0.376 e. The first-order valence-corrected chi connectivity index (χ1v) is 11.3. The Bertz CT molecular complexity index is 841. The predicted molar refractivity (Wildman–Crippen MR) is 114 cm³/mol. The van der Waals surface area contributed by atoms with Gasteiger partial charge in [-0.2, -0.15) is 4.68 Å². The molecule has 0 spiro atoms. The van der Waals surface area contributed by atoms with Crippen molar-refractivity contribution in [1.29, 1.82) is 0 Å². The molecule has 1 aromatic heterocycles. The largest absolute Gasteiger partial charge is 0.376 e. The fourth-order valence-electron chi connectivity index (χ4n) is 4.56. The van der Waals surface area contributed by atoms with Gasteiger partial charge in [0.1, 0.15) is 0 Å². The molecule has 7 heteroatoms. The third-order valence-electron chi connectivity index (χ3n) is 6.16. The zero-order valence-electron chi connectivity index (χ0n) is 16.6. The van der Waals surface area contributed by atoms with Crippen LogP contribution in [0, 0.1) is 4.77 Å². The number of benzene rings is 1. The van der Waals surface area contributed by atoms with Gasteiger partial charge in [0.15, 0.2) is 12.5 Å². The van der Waals surface area contributed by atoms with Crippen LogP contribution in [0.4, 0.5) is 0 Å². The van der Waals surface area contributed by atoms with E-state index in [1.54, 1.807) is 4.90 Å². The summed E-state index contributed by atoms with van der Waals surface area (Å²) >= 11 is 12.0. The summed E-state index contributed by atoms with van der Waals surface area (Å²) < 4.78 is 10.9. The van der Waals surface area contributed by atoms with Crippen LogP contribution >= 0.6 is 23.8 Å². The van der Waals surface area contributed by atoms with E-state index in [9.17, 15) is 0 Å². The lowest BCUT2D eigenvalue weighted by atomic mass is 10.0. The molecule has 0 saturated carbocycles. The zero-order valence-corrected chi connectivity index (χ0v) is 18.1. The Balaban J connectivity index is 1.66. The van der Waals surface area contributed by atoms with Gasteiger partial charge in [-0.3, -0.25) is 4.57 Å². The van der Waals surface area contributed by atoms with Crippen molar-refractivity contribution in [1.82, 2.24) is 14.3 Å². The van der Waals surface area contributed by atoms with Gasteiger partial charge in [-0.25, -0.2) is 0 Å². The maximum Gasteiger partial charge on any atom is 0.203 e. The van der Waals surface area contributed by atoms with Crippen molar-refractivity contribution in [3.8, 4) is 11.4 Å². The minimum absolute atomic E-state index is 0.223. The molecule has 2 aliphatic rings. The quantitative estimate of drug-likeness (QED) is 0.722. The Morgan fingerprint density at radius 3 is 2.75 bits per heavy atom. The van der Waals surface area contributed by atoms with Gasteiger partial charge < -0.3 is 9.64 Å². The molecule has 2 saturated heterocycles. The average molecular weight is 422 g/mol. The molecule has 28 heavy (non-hydrogen) atoms. The van der Waals surface area contributed by atoms with Crippen LogP contribution in [0.5, 0.6) is 0 Å². The monoisotopic (exact) mass is 421 g/mol. The van der Waals surface area contributed by atoms with E-state index in [1.165, 1.54) is 32.2 Å². The molecule has 152 valence electrons. The van der Waals surface area contributed by atoms with Crippen molar-refractivity contribution in [3.63, 3.8) is 0 Å². The van der Waals surface area contributed by atoms with E-state index in [4.69, 9.17) is 33.7 Å². The summed E-state index contributed by atoms with van der Waals surface area (Å²) in [6.45, 7) is 5.96. The zero-order chi connectivity index (χ0) is 19.5. The third-order valence-corrected chi connectivity index (χ3v) is 6.84. The van der Waals surface area contributed by atoms with E-state index in [1.807, 2.05) is 28.9 Å². The molecule has 1 N–H and O–H groups in total. The SMILES string of the molecule is CC[C@H]1CCCC[NH+]1Cn1nc(-c2ccc(Cl)cc2)n(C[C@@H]2CCCO2)c1=S. The van der Waals surface area contributed by atoms with Crippen molar-refractivity contribution < 1.29 is 9.64 Å². The predicted octanol–water partition coefficient (Wildman–Crippen LogP) is 3.72. The molecule has 1 unspecified atom stereocenters. The minimum atomic E-state index is 0.223. The van der Waals surface area contributed by atoms with Crippen LogP contribution in [0.15, 0.2) is 24.3 Å². The van der Waals surface area contributed by atoms with Gasteiger partial charge in [0.25, 0.3) is 0 Å². The number of likely N-dealkylation sites (tertiary alicyclic amines) is 1. The molecule has 0 aliphatic carbocycles. The van der Waals surface area contributed by atoms with Crippen molar-refractivity contribution in [2.45, 2.75) is 70.8 Å². The van der Waals surface area contributed by atoms with E-state index in [0.29, 0.717) is 6.04 Å². The van der Waals surface area contributed by atoms with Crippen LogP contribution in [0.25, 0.3) is 11.4 Å². The van der Waals surface area contributed by atoms with E-state index < -0.39 is 0 Å². The molecule has 2 aliphatic heterocycles. The number of nitrogens with one attached hydrogen (secondary N) is 1. The van der Waals surface area contributed by atoms with Crippen LogP contribution in [0.3, 0.4) is 0 Å². The highest BCUT2D eigenvalue weighted by Crippen LogP contribution is 2.23. The number of halogens is 1. The number of hydrogen-bond acceptors (Lipinski definition) is 3. The molecule has 2 fully saturated rings. The first-order chi connectivity index (χ1) is 13.7. The maximum atomic E-state index is 6.10. The number of piperidine rings is 1. The second-order valence-corrected chi connectivity index (χ2v) is 8.83.